The number of carboxylic acid groups (broad SMARTS) is 1. The molecule has 0 aliphatic carbocycles. The van der Waals surface area contributed by atoms with Crippen molar-refractivity contribution in [2.45, 2.75) is 32.1 Å². The van der Waals surface area contributed by atoms with E-state index in [0.717, 1.165) is 31.5 Å². The SMILES string of the molecule is O=C(O)/C=C/C(=O)OCCCCN1CCCCC1. The van der Waals surface area contributed by atoms with Gasteiger partial charge < -0.3 is 14.7 Å². The van der Waals surface area contributed by atoms with Crippen molar-refractivity contribution in [1.29, 1.82) is 0 Å². The lowest BCUT2D eigenvalue weighted by atomic mass is 10.1. The number of nitrogens with zero attached hydrogens (tertiary/aromatic N) is 1. The Balaban J connectivity index is 1.97. The molecule has 0 radical (unpaired) electrons. The summed E-state index contributed by atoms with van der Waals surface area (Å²) in [6.07, 6.45) is 7.47. The summed E-state index contributed by atoms with van der Waals surface area (Å²) in [5.74, 6) is -1.73. The highest BCUT2D eigenvalue weighted by molar-refractivity contribution is 5.90. The van der Waals surface area contributed by atoms with Crippen LogP contribution in [0.15, 0.2) is 12.2 Å². The molecule has 0 aromatic carbocycles. The number of ether oxygens (including phenoxy) is 1. The van der Waals surface area contributed by atoms with Gasteiger partial charge in [-0.2, -0.15) is 0 Å². The first-order chi connectivity index (χ1) is 8.68. The summed E-state index contributed by atoms with van der Waals surface area (Å²) in [7, 11) is 0. The van der Waals surface area contributed by atoms with Gasteiger partial charge in [-0.05, 0) is 45.3 Å². The van der Waals surface area contributed by atoms with Crippen LogP contribution in [0.5, 0.6) is 0 Å². The third-order valence-corrected chi connectivity index (χ3v) is 2.92. The summed E-state index contributed by atoms with van der Waals surface area (Å²) >= 11 is 0. The summed E-state index contributed by atoms with van der Waals surface area (Å²) in [6, 6.07) is 0. The van der Waals surface area contributed by atoms with Gasteiger partial charge in [-0.15, -0.1) is 0 Å². The highest BCUT2D eigenvalue weighted by Gasteiger charge is 2.08. The number of esters is 1. The molecule has 0 spiro atoms. The monoisotopic (exact) mass is 255 g/mol. The average Bonchev–Trinajstić information content (AvgIpc) is 2.37. The Labute approximate surface area is 107 Å². The number of carbonyl (C=O) groups excluding carboxylic acids is 1. The highest BCUT2D eigenvalue weighted by atomic mass is 16.5. The third kappa shape index (κ3) is 7.06. The molecule has 1 aliphatic rings. The van der Waals surface area contributed by atoms with Crippen molar-refractivity contribution in [2.24, 2.45) is 0 Å². The van der Waals surface area contributed by atoms with Gasteiger partial charge in [-0.25, -0.2) is 9.59 Å². The zero-order valence-electron chi connectivity index (χ0n) is 10.6. The Morgan fingerprint density at radius 2 is 1.83 bits per heavy atom. The molecule has 0 unspecified atom stereocenters. The van der Waals surface area contributed by atoms with E-state index >= 15 is 0 Å². The van der Waals surface area contributed by atoms with Crippen LogP contribution < -0.4 is 0 Å². The van der Waals surface area contributed by atoms with Gasteiger partial charge in [-0.3, -0.25) is 0 Å². The summed E-state index contributed by atoms with van der Waals surface area (Å²) in [5, 5.41) is 8.32. The Kier molecular flexibility index (Phi) is 7.10. The van der Waals surface area contributed by atoms with Crippen LogP contribution >= 0.6 is 0 Å². The fourth-order valence-corrected chi connectivity index (χ4v) is 1.98. The van der Waals surface area contributed by atoms with Crippen molar-refractivity contribution in [3.63, 3.8) is 0 Å². The molecule has 1 aliphatic heterocycles. The van der Waals surface area contributed by atoms with Crippen LogP contribution in [0, 0.1) is 0 Å². The first-order valence-corrected chi connectivity index (χ1v) is 6.48. The first kappa shape index (κ1) is 14.7. The molecule has 0 saturated carbocycles. The van der Waals surface area contributed by atoms with E-state index in [-0.39, 0.29) is 0 Å². The Hall–Kier alpha value is -1.36. The van der Waals surface area contributed by atoms with E-state index in [1.54, 1.807) is 0 Å². The van der Waals surface area contributed by atoms with Crippen LogP contribution in [0.3, 0.4) is 0 Å². The number of aliphatic carboxylic acids is 1. The highest BCUT2D eigenvalue weighted by Crippen LogP contribution is 2.09. The second kappa shape index (κ2) is 8.69. The second-order valence-corrected chi connectivity index (χ2v) is 4.45. The van der Waals surface area contributed by atoms with Crippen LogP contribution in [-0.4, -0.2) is 48.2 Å². The lowest BCUT2D eigenvalue weighted by Gasteiger charge is -2.26. The molecule has 1 rings (SSSR count). The van der Waals surface area contributed by atoms with E-state index < -0.39 is 11.9 Å². The van der Waals surface area contributed by atoms with Crippen molar-refractivity contribution >= 4 is 11.9 Å². The van der Waals surface area contributed by atoms with Crippen molar-refractivity contribution in [2.75, 3.05) is 26.2 Å². The van der Waals surface area contributed by atoms with Crippen molar-refractivity contribution in [3.8, 4) is 0 Å². The Bertz CT molecular complexity index is 295. The van der Waals surface area contributed by atoms with E-state index in [4.69, 9.17) is 9.84 Å². The van der Waals surface area contributed by atoms with Gasteiger partial charge in [0.25, 0.3) is 0 Å². The summed E-state index contributed by atoms with van der Waals surface area (Å²) < 4.78 is 4.87. The molecule has 0 aromatic rings. The number of carbonyl (C=O) groups is 2. The standard InChI is InChI=1S/C13H21NO4/c15-12(16)6-7-13(17)18-11-5-4-10-14-8-2-1-3-9-14/h6-7H,1-5,8-11H2,(H,15,16)/b7-6+. The Morgan fingerprint density at radius 3 is 2.50 bits per heavy atom. The molecule has 5 nitrogen and oxygen atoms in total. The van der Waals surface area contributed by atoms with E-state index in [0.29, 0.717) is 6.61 Å². The van der Waals surface area contributed by atoms with Crippen molar-refractivity contribution < 1.29 is 19.4 Å². The molecule has 0 aromatic heterocycles. The van der Waals surface area contributed by atoms with Crippen LogP contribution in [0.1, 0.15) is 32.1 Å². The molecule has 1 N–H and O–H groups in total. The normalized spacial score (nSPS) is 16.9. The number of carboxylic acids is 1. The minimum atomic E-state index is -1.14. The number of hydrogen-bond donors (Lipinski definition) is 1. The summed E-state index contributed by atoms with van der Waals surface area (Å²) in [6.45, 7) is 3.78. The summed E-state index contributed by atoms with van der Waals surface area (Å²) in [5.41, 5.74) is 0. The molecule has 0 amide bonds. The molecule has 0 atom stereocenters. The topological polar surface area (TPSA) is 66.8 Å². The molecule has 18 heavy (non-hydrogen) atoms. The largest absolute Gasteiger partial charge is 0.478 e. The van der Waals surface area contributed by atoms with Gasteiger partial charge in [0.2, 0.25) is 0 Å². The van der Waals surface area contributed by atoms with E-state index in [1.807, 2.05) is 0 Å². The fourth-order valence-electron chi connectivity index (χ4n) is 1.98. The van der Waals surface area contributed by atoms with Gasteiger partial charge in [0.05, 0.1) is 6.61 Å². The number of unbranched alkanes of at least 4 members (excludes halogenated alkanes) is 1. The maximum atomic E-state index is 11.0. The first-order valence-electron chi connectivity index (χ1n) is 6.48. The lowest BCUT2D eigenvalue weighted by molar-refractivity contribution is -0.138. The van der Waals surface area contributed by atoms with Crippen molar-refractivity contribution in [1.82, 2.24) is 4.90 Å². The van der Waals surface area contributed by atoms with Crippen LogP contribution in [0.2, 0.25) is 0 Å². The minimum Gasteiger partial charge on any atom is -0.478 e. The smallest absolute Gasteiger partial charge is 0.331 e. The second-order valence-electron chi connectivity index (χ2n) is 4.45. The van der Waals surface area contributed by atoms with Gasteiger partial charge in [0.1, 0.15) is 0 Å². The van der Waals surface area contributed by atoms with Crippen LogP contribution in [0.25, 0.3) is 0 Å². The quantitative estimate of drug-likeness (QED) is 0.423. The van der Waals surface area contributed by atoms with Gasteiger partial charge >= 0.3 is 11.9 Å². The van der Waals surface area contributed by atoms with Gasteiger partial charge in [-0.1, -0.05) is 6.42 Å². The van der Waals surface area contributed by atoms with E-state index in [9.17, 15) is 9.59 Å². The maximum absolute atomic E-state index is 11.0. The molecule has 1 heterocycles. The van der Waals surface area contributed by atoms with E-state index in [2.05, 4.69) is 4.90 Å². The third-order valence-electron chi connectivity index (χ3n) is 2.92. The number of piperidine rings is 1. The van der Waals surface area contributed by atoms with E-state index in [1.165, 1.54) is 32.4 Å². The molecule has 1 saturated heterocycles. The zero-order chi connectivity index (χ0) is 13.2. The maximum Gasteiger partial charge on any atom is 0.331 e. The number of rotatable bonds is 7. The minimum absolute atomic E-state index is 0.358. The predicted molar refractivity (Wildman–Crippen MR) is 67.3 cm³/mol. The molecular weight excluding hydrogens is 234 g/mol. The predicted octanol–water partition coefficient (Wildman–Crippen LogP) is 1.44. The molecule has 0 bridgehead atoms. The fraction of sp³-hybridized carbons (Fsp3) is 0.692. The molecular formula is C13H21NO4. The zero-order valence-corrected chi connectivity index (χ0v) is 10.6. The van der Waals surface area contributed by atoms with Gasteiger partial charge in [0, 0.05) is 12.2 Å². The summed E-state index contributed by atoms with van der Waals surface area (Å²) in [4.78, 5) is 23.6. The van der Waals surface area contributed by atoms with Crippen LogP contribution in [-0.2, 0) is 14.3 Å². The average molecular weight is 255 g/mol. The number of hydrogen-bond acceptors (Lipinski definition) is 4. The van der Waals surface area contributed by atoms with Crippen LogP contribution in [0.4, 0.5) is 0 Å². The molecule has 5 heteroatoms. The number of likely N-dealkylation sites (tertiary alicyclic amines) is 1. The van der Waals surface area contributed by atoms with Gasteiger partial charge in [0.15, 0.2) is 0 Å². The Morgan fingerprint density at radius 1 is 1.11 bits per heavy atom. The molecule has 1 fully saturated rings. The molecule has 102 valence electrons. The lowest BCUT2D eigenvalue weighted by Crippen LogP contribution is -2.30. The van der Waals surface area contributed by atoms with Crippen molar-refractivity contribution in [3.05, 3.63) is 12.2 Å².